The first-order valence-electron chi connectivity index (χ1n) is 11.2. The summed E-state index contributed by atoms with van der Waals surface area (Å²) in [5, 5.41) is 3.25. The van der Waals surface area contributed by atoms with Gasteiger partial charge in [0.05, 0.1) is 0 Å². The van der Waals surface area contributed by atoms with Gasteiger partial charge in [0.1, 0.15) is 5.75 Å². The van der Waals surface area contributed by atoms with E-state index in [1.807, 2.05) is 41.3 Å². The molecule has 0 heterocycles. The number of nitrogens with one attached hydrogen (secondary N) is 1. The van der Waals surface area contributed by atoms with E-state index in [1.165, 1.54) is 26.2 Å². The number of amides is 2. The molecule has 0 bridgehead atoms. The van der Waals surface area contributed by atoms with Crippen LogP contribution in [0.25, 0.3) is 0 Å². The minimum atomic E-state index is -0.334. The number of rotatable bonds is 8. The summed E-state index contributed by atoms with van der Waals surface area (Å²) in [7, 11) is 0. The zero-order chi connectivity index (χ0) is 22.1. The van der Waals surface area contributed by atoms with E-state index in [9.17, 15) is 9.59 Å². The Kier molecular flexibility index (Phi) is 8.83. The van der Waals surface area contributed by atoms with Crippen LogP contribution in [0.5, 0.6) is 5.75 Å². The van der Waals surface area contributed by atoms with Gasteiger partial charge >= 0.3 is 12.0 Å². The molecule has 6 heteroatoms. The van der Waals surface area contributed by atoms with Crippen molar-refractivity contribution in [2.45, 2.75) is 74.6 Å². The number of benzene rings is 2. The van der Waals surface area contributed by atoms with Gasteiger partial charge in [0.2, 0.25) is 0 Å². The zero-order valence-corrected chi connectivity index (χ0v) is 19.2. The van der Waals surface area contributed by atoms with Crippen LogP contribution >= 0.6 is 11.8 Å². The van der Waals surface area contributed by atoms with Crippen molar-refractivity contribution in [3.8, 4) is 5.75 Å². The lowest BCUT2D eigenvalue weighted by molar-refractivity contribution is -0.131. The Morgan fingerprint density at radius 2 is 1.77 bits per heavy atom. The molecule has 2 aromatic carbocycles. The molecule has 1 aliphatic carbocycles. The van der Waals surface area contributed by atoms with Crippen molar-refractivity contribution in [2.24, 2.45) is 0 Å². The van der Waals surface area contributed by atoms with E-state index in [2.05, 4.69) is 18.3 Å². The minimum Gasteiger partial charge on any atom is -0.427 e. The first-order valence-corrected chi connectivity index (χ1v) is 12.0. The molecule has 0 atom stereocenters. The molecule has 1 saturated carbocycles. The molecular formula is C25H32N2O3S. The molecule has 0 spiro atoms. The number of nitrogens with zero attached hydrogens (tertiary/aromatic N) is 1. The van der Waals surface area contributed by atoms with Gasteiger partial charge in [-0.25, -0.2) is 4.79 Å². The molecule has 1 fully saturated rings. The molecule has 0 radical (unpaired) electrons. The van der Waals surface area contributed by atoms with E-state index in [4.69, 9.17) is 4.74 Å². The third-order valence-corrected chi connectivity index (χ3v) is 6.32. The first-order chi connectivity index (χ1) is 15.0. The summed E-state index contributed by atoms with van der Waals surface area (Å²) in [5.41, 5.74) is 0.905. The molecule has 2 aromatic rings. The second-order valence-corrected chi connectivity index (χ2v) is 9.10. The second kappa shape index (κ2) is 11.8. The third kappa shape index (κ3) is 7.31. The smallest absolute Gasteiger partial charge is 0.322 e. The van der Waals surface area contributed by atoms with Gasteiger partial charge in [0.15, 0.2) is 0 Å². The topological polar surface area (TPSA) is 58.6 Å². The van der Waals surface area contributed by atoms with Gasteiger partial charge in [-0.15, -0.1) is 0 Å². The maximum absolute atomic E-state index is 13.1. The van der Waals surface area contributed by atoms with Crippen LogP contribution in [-0.4, -0.2) is 24.6 Å². The predicted octanol–water partition coefficient (Wildman–Crippen LogP) is 6.41. The molecule has 31 heavy (non-hydrogen) atoms. The van der Waals surface area contributed by atoms with Gasteiger partial charge in [-0.1, -0.05) is 56.5 Å². The Morgan fingerprint density at radius 1 is 1.06 bits per heavy atom. The van der Waals surface area contributed by atoms with Crippen molar-refractivity contribution in [1.29, 1.82) is 0 Å². The van der Waals surface area contributed by atoms with Crippen LogP contribution in [0.3, 0.4) is 0 Å². The molecule has 3 rings (SSSR count). The monoisotopic (exact) mass is 440 g/mol. The number of carbonyl (C=O) groups is 2. The second-order valence-electron chi connectivity index (χ2n) is 7.96. The summed E-state index contributed by atoms with van der Waals surface area (Å²) in [6, 6.07) is 15.8. The van der Waals surface area contributed by atoms with E-state index >= 15 is 0 Å². The van der Waals surface area contributed by atoms with Gasteiger partial charge in [-0.05, 0) is 55.7 Å². The van der Waals surface area contributed by atoms with E-state index < -0.39 is 0 Å². The van der Waals surface area contributed by atoms with Gasteiger partial charge in [-0.2, -0.15) is 0 Å². The standard InChI is InChI=1S/C25H32N2O3S/c1-3-4-16-27(25(29)26-20-10-6-5-7-11-20)21-12-8-14-23(17-21)31-24-15-9-13-22(18-24)30-19(2)28/h8-9,12-15,17-18,20H,3-7,10-11,16H2,1-2H3,(H,26,29). The number of esters is 1. The van der Waals surface area contributed by atoms with Crippen molar-refractivity contribution in [2.75, 3.05) is 11.4 Å². The Hall–Kier alpha value is -2.47. The quantitative estimate of drug-likeness (QED) is 0.380. The fourth-order valence-corrected chi connectivity index (χ4v) is 4.70. The van der Waals surface area contributed by atoms with E-state index in [0.29, 0.717) is 12.3 Å². The predicted molar refractivity (Wildman–Crippen MR) is 126 cm³/mol. The van der Waals surface area contributed by atoms with Gasteiger partial charge < -0.3 is 10.1 Å². The van der Waals surface area contributed by atoms with Crippen LogP contribution in [0.2, 0.25) is 0 Å². The van der Waals surface area contributed by atoms with Crippen LogP contribution < -0.4 is 15.0 Å². The maximum atomic E-state index is 13.1. The van der Waals surface area contributed by atoms with Crippen molar-refractivity contribution in [1.82, 2.24) is 5.32 Å². The van der Waals surface area contributed by atoms with Crippen molar-refractivity contribution in [3.63, 3.8) is 0 Å². The van der Waals surface area contributed by atoms with E-state index in [0.717, 1.165) is 41.2 Å². The first kappa shape index (κ1) is 23.2. The lowest BCUT2D eigenvalue weighted by Gasteiger charge is -2.28. The Balaban J connectivity index is 1.74. The summed E-state index contributed by atoms with van der Waals surface area (Å²) >= 11 is 1.58. The average molecular weight is 441 g/mol. The summed E-state index contributed by atoms with van der Waals surface area (Å²) in [6.45, 7) is 4.23. The van der Waals surface area contributed by atoms with Crippen molar-refractivity contribution >= 4 is 29.4 Å². The highest BCUT2D eigenvalue weighted by Gasteiger charge is 2.21. The minimum absolute atomic E-state index is 0.000597. The highest BCUT2D eigenvalue weighted by molar-refractivity contribution is 7.99. The number of urea groups is 1. The van der Waals surface area contributed by atoms with Crippen LogP contribution in [0, 0.1) is 0 Å². The summed E-state index contributed by atoms with van der Waals surface area (Å²) < 4.78 is 5.19. The van der Waals surface area contributed by atoms with Crippen LogP contribution in [0.1, 0.15) is 58.8 Å². The number of anilines is 1. The molecule has 1 aliphatic rings. The average Bonchev–Trinajstić information content (AvgIpc) is 2.75. The molecule has 0 aliphatic heterocycles. The summed E-state index contributed by atoms with van der Waals surface area (Å²) in [4.78, 5) is 28.2. The summed E-state index contributed by atoms with van der Waals surface area (Å²) in [5.74, 6) is 0.199. The summed E-state index contributed by atoms with van der Waals surface area (Å²) in [6.07, 6.45) is 7.79. The van der Waals surface area contributed by atoms with Crippen LogP contribution in [0.15, 0.2) is 58.3 Å². The van der Waals surface area contributed by atoms with Gasteiger partial charge in [0, 0.05) is 35.0 Å². The van der Waals surface area contributed by atoms with E-state index in [-0.39, 0.29) is 18.0 Å². The molecule has 5 nitrogen and oxygen atoms in total. The largest absolute Gasteiger partial charge is 0.427 e. The number of carbonyl (C=O) groups excluding carboxylic acids is 2. The van der Waals surface area contributed by atoms with Crippen molar-refractivity contribution in [3.05, 3.63) is 48.5 Å². The Bertz CT molecular complexity index is 881. The Labute approximate surface area is 189 Å². The van der Waals surface area contributed by atoms with Crippen LogP contribution in [-0.2, 0) is 4.79 Å². The molecular weight excluding hydrogens is 408 g/mol. The molecule has 0 unspecified atom stereocenters. The lowest BCUT2D eigenvalue weighted by atomic mass is 9.96. The highest BCUT2D eigenvalue weighted by atomic mass is 32.2. The molecule has 2 amide bonds. The number of unbranched alkanes of at least 4 members (excludes halogenated alkanes) is 1. The lowest BCUT2D eigenvalue weighted by Crippen LogP contribution is -2.46. The number of hydrogen-bond donors (Lipinski definition) is 1. The van der Waals surface area contributed by atoms with Gasteiger partial charge in [-0.3, -0.25) is 9.69 Å². The highest BCUT2D eigenvalue weighted by Crippen LogP contribution is 2.32. The Morgan fingerprint density at radius 3 is 2.48 bits per heavy atom. The normalized spacial score (nSPS) is 14.1. The fourth-order valence-electron chi connectivity index (χ4n) is 3.78. The van der Waals surface area contributed by atoms with E-state index in [1.54, 1.807) is 17.8 Å². The SMILES string of the molecule is CCCCN(C(=O)NC1CCCCC1)c1cccc(Sc2cccc(OC(C)=O)c2)c1. The molecule has 166 valence electrons. The zero-order valence-electron chi connectivity index (χ0n) is 18.4. The molecule has 0 saturated heterocycles. The molecule has 1 N–H and O–H groups in total. The molecule has 0 aromatic heterocycles. The van der Waals surface area contributed by atoms with Gasteiger partial charge in [0.25, 0.3) is 0 Å². The third-order valence-electron chi connectivity index (χ3n) is 5.35. The van der Waals surface area contributed by atoms with Crippen molar-refractivity contribution < 1.29 is 14.3 Å². The number of ether oxygens (including phenoxy) is 1. The fraction of sp³-hybridized carbons (Fsp3) is 0.440. The van der Waals surface area contributed by atoms with Crippen LogP contribution in [0.4, 0.5) is 10.5 Å². The maximum Gasteiger partial charge on any atom is 0.322 e. The number of hydrogen-bond acceptors (Lipinski definition) is 4.